The number of aromatic nitrogens is 1. The molecule has 3 heterocycles. The second kappa shape index (κ2) is 7.18. The van der Waals surface area contributed by atoms with Crippen molar-refractivity contribution in [1.82, 2.24) is 14.8 Å². The number of aromatic amines is 1. The number of methoxy groups -OCH3 is 1. The molecule has 2 atom stereocenters. The molecule has 2 aliphatic heterocycles. The Bertz CT molecular complexity index is 1140. The predicted molar refractivity (Wildman–Crippen MR) is 111 cm³/mol. The molecule has 0 saturated carbocycles. The molecule has 30 heavy (non-hydrogen) atoms. The number of aliphatic hydroxyl groups excluding tert-OH is 1. The summed E-state index contributed by atoms with van der Waals surface area (Å²) in [4.78, 5) is 33.2. The van der Waals surface area contributed by atoms with Gasteiger partial charge in [0.05, 0.1) is 26.3 Å². The highest BCUT2D eigenvalue weighted by molar-refractivity contribution is 5.97. The van der Waals surface area contributed by atoms with Crippen LogP contribution in [0.4, 0.5) is 0 Å². The summed E-state index contributed by atoms with van der Waals surface area (Å²) in [5.41, 5.74) is 3.88. The molecule has 0 spiro atoms. The number of para-hydroxylation sites is 1. The Morgan fingerprint density at radius 2 is 2.00 bits per heavy atom. The zero-order chi connectivity index (χ0) is 20.8. The molecule has 2 N–H and O–H groups in total. The highest BCUT2D eigenvalue weighted by Crippen LogP contribution is 2.43. The van der Waals surface area contributed by atoms with E-state index in [1.54, 1.807) is 12.0 Å². The number of benzene rings is 2. The molecule has 5 rings (SSSR count). The summed E-state index contributed by atoms with van der Waals surface area (Å²) < 4.78 is 5.41. The molecule has 2 unspecified atom stereocenters. The Morgan fingerprint density at radius 3 is 2.80 bits per heavy atom. The maximum absolute atomic E-state index is 13.2. The Morgan fingerprint density at radius 1 is 1.17 bits per heavy atom. The van der Waals surface area contributed by atoms with Crippen molar-refractivity contribution in [3.05, 3.63) is 65.4 Å². The molecule has 154 valence electrons. The molecule has 0 bridgehead atoms. The number of β-amino-alcohol motifs (C(OH)–C–C–N with tert-alkyl or cyclic N) is 1. The lowest BCUT2D eigenvalue weighted by Crippen LogP contribution is -2.63. The van der Waals surface area contributed by atoms with Crippen molar-refractivity contribution in [2.75, 3.05) is 26.8 Å². The lowest BCUT2D eigenvalue weighted by Gasteiger charge is -2.47. The number of hydrogen-bond donors (Lipinski definition) is 2. The zero-order valence-electron chi connectivity index (χ0n) is 16.7. The van der Waals surface area contributed by atoms with Gasteiger partial charge in [0.15, 0.2) is 0 Å². The van der Waals surface area contributed by atoms with Gasteiger partial charge in [0.2, 0.25) is 11.8 Å². The summed E-state index contributed by atoms with van der Waals surface area (Å²) >= 11 is 0. The van der Waals surface area contributed by atoms with Crippen LogP contribution in [-0.4, -0.2) is 64.6 Å². The van der Waals surface area contributed by atoms with Crippen LogP contribution in [0.3, 0.4) is 0 Å². The van der Waals surface area contributed by atoms with Crippen LogP contribution >= 0.6 is 0 Å². The van der Waals surface area contributed by atoms with E-state index < -0.39 is 12.1 Å². The van der Waals surface area contributed by atoms with Crippen LogP contribution in [0.25, 0.3) is 10.9 Å². The summed E-state index contributed by atoms with van der Waals surface area (Å²) in [6, 6.07) is 14.6. The molecule has 0 aliphatic carbocycles. The van der Waals surface area contributed by atoms with E-state index in [4.69, 9.17) is 4.74 Å². The second-order valence-corrected chi connectivity index (χ2v) is 7.75. The standard InChI is InChI=1S/C23H23N3O4/c1-30-15-6-4-5-14(11-15)22-21-17(16-7-2-3-8-18(16)24-21)12-19-23(29)25(9-10-27)13-20(28)26(19)22/h2-8,11,19,22,24,27H,9-10,12-13H2,1H3. The van der Waals surface area contributed by atoms with Gasteiger partial charge in [-0.3, -0.25) is 9.59 Å². The number of H-pyrrole nitrogens is 1. The Hall–Kier alpha value is -3.32. The van der Waals surface area contributed by atoms with Gasteiger partial charge in [-0.25, -0.2) is 0 Å². The van der Waals surface area contributed by atoms with E-state index in [9.17, 15) is 14.7 Å². The number of carbonyl (C=O) groups is 2. The van der Waals surface area contributed by atoms with Crippen LogP contribution in [0, 0.1) is 0 Å². The average Bonchev–Trinajstić information content (AvgIpc) is 3.14. The van der Waals surface area contributed by atoms with Crippen LogP contribution in [0.1, 0.15) is 22.9 Å². The molecule has 7 nitrogen and oxygen atoms in total. The molecule has 2 amide bonds. The van der Waals surface area contributed by atoms with Crippen LogP contribution < -0.4 is 4.74 Å². The Labute approximate surface area is 173 Å². The highest BCUT2D eigenvalue weighted by atomic mass is 16.5. The van der Waals surface area contributed by atoms with Crippen LogP contribution in [-0.2, 0) is 16.0 Å². The predicted octanol–water partition coefficient (Wildman–Crippen LogP) is 1.85. The molecule has 3 aromatic rings. The molecule has 1 aromatic heterocycles. The van der Waals surface area contributed by atoms with E-state index in [2.05, 4.69) is 4.98 Å². The first-order valence-corrected chi connectivity index (χ1v) is 10.1. The van der Waals surface area contributed by atoms with Crippen molar-refractivity contribution in [2.45, 2.75) is 18.5 Å². The van der Waals surface area contributed by atoms with Gasteiger partial charge < -0.3 is 24.6 Å². The van der Waals surface area contributed by atoms with E-state index in [-0.39, 0.29) is 31.5 Å². The van der Waals surface area contributed by atoms with E-state index in [0.29, 0.717) is 12.2 Å². The topological polar surface area (TPSA) is 85.9 Å². The van der Waals surface area contributed by atoms with E-state index in [1.807, 2.05) is 48.5 Å². The number of hydrogen-bond acceptors (Lipinski definition) is 4. The Kier molecular flexibility index (Phi) is 4.47. The number of ether oxygens (including phenoxy) is 1. The SMILES string of the molecule is COc1cccc(C2c3[nH]c4ccccc4c3CC3C(=O)N(CCO)CC(=O)N32)c1. The van der Waals surface area contributed by atoms with E-state index in [0.717, 1.165) is 27.7 Å². The lowest BCUT2D eigenvalue weighted by atomic mass is 9.86. The molecular formula is C23H23N3O4. The highest BCUT2D eigenvalue weighted by Gasteiger charge is 2.48. The fraction of sp³-hybridized carbons (Fsp3) is 0.304. The summed E-state index contributed by atoms with van der Waals surface area (Å²) in [6.45, 7) is -0.0191. The quantitative estimate of drug-likeness (QED) is 0.694. The molecule has 0 radical (unpaired) electrons. The monoisotopic (exact) mass is 405 g/mol. The number of rotatable bonds is 4. The summed E-state index contributed by atoms with van der Waals surface area (Å²) in [5.74, 6) is 0.461. The summed E-state index contributed by atoms with van der Waals surface area (Å²) in [7, 11) is 1.61. The number of nitrogens with one attached hydrogen (secondary N) is 1. The number of aliphatic hydroxyl groups is 1. The van der Waals surface area contributed by atoms with Crippen molar-refractivity contribution in [3.63, 3.8) is 0 Å². The zero-order valence-corrected chi connectivity index (χ0v) is 16.7. The van der Waals surface area contributed by atoms with Gasteiger partial charge in [-0.15, -0.1) is 0 Å². The average molecular weight is 405 g/mol. The minimum Gasteiger partial charge on any atom is -0.497 e. The van der Waals surface area contributed by atoms with Gasteiger partial charge >= 0.3 is 0 Å². The van der Waals surface area contributed by atoms with Crippen molar-refractivity contribution < 1.29 is 19.4 Å². The van der Waals surface area contributed by atoms with Crippen molar-refractivity contribution in [2.24, 2.45) is 0 Å². The molecule has 1 saturated heterocycles. The third-order valence-corrected chi connectivity index (χ3v) is 6.12. The minimum atomic E-state index is -0.597. The van der Waals surface area contributed by atoms with Gasteiger partial charge in [0.1, 0.15) is 11.8 Å². The van der Waals surface area contributed by atoms with Crippen LogP contribution in [0.15, 0.2) is 48.5 Å². The molecule has 1 fully saturated rings. The number of piperazine rings is 1. The third-order valence-electron chi connectivity index (χ3n) is 6.12. The van der Waals surface area contributed by atoms with Gasteiger partial charge in [0, 0.05) is 29.6 Å². The van der Waals surface area contributed by atoms with Crippen molar-refractivity contribution in [1.29, 1.82) is 0 Å². The first-order chi connectivity index (χ1) is 14.6. The minimum absolute atomic E-state index is 0.0219. The molecule has 2 aromatic carbocycles. The fourth-order valence-electron chi connectivity index (χ4n) is 4.79. The van der Waals surface area contributed by atoms with Crippen molar-refractivity contribution in [3.8, 4) is 5.75 Å². The number of fused-ring (bicyclic) bond motifs is 4. The second-order valence-electron chi connectivity index (χ2n) is 7.75. The van der Waals surface area contributed by atoms with Gasteiger partial charge in [0.25, 0.3) is 0 Å². The first-order valence-electron chi connectivity index (χ1n) is 10.1. The van der Waals surface area contributed by atoms with Crippen LogP contribution in [0.5, 0.6) is 5.75 Å². The normalized spacial score (nSPS) is 21.0. The third kappa shape index (κ3) is 2.77. The molecule has 7 heteroatoms. The maximum Gasteiger partial charge on any atom is 0.246 e. The fourth-order valence-corrected chi connectivity index (χ4v) is 4.79. The smallest absolute Gasteiger partial charge is 0.246 e. The molecule has 2 aliphatic rings. The summed E-state index contributed by atoms with van der Waals surface area (Å²) in [6.07, 6.45) is 0.451. The van der Waals surface area contributed by atoms with Gasteiger partial charge in [-0.2, -0.15) is 0 Å². The number of amides is 2. The number of carbonyl (C=O) groups excluding carboxylic acids is 2. The van der Waals surface area contributed by atoms with Gasteiger partial charge in [-0.1, -0.05) is 30.3 Å². The maximum atomic E-state index is 13.2. The van der Waals surface area contributed by atoms with Crippen molar-refractivity contribution >= 4 is 22.7 Å². The van der Waals surface area contributed by atoms with Crippen LogP contribution in [0.2, 0.25) is 0 Å². The summed E-state index contributed by atoms with van der Waals surface area (Å²) in [5, 5.41) is 10.4. The first kappa shape index (κ1) is 18.7. The number of nitrogens with zero attached hydrogens (tertiary/aromatic N) is 2. The van der Waals surface area contributed by atoms with E-state index in [1.165, 1.54) is 4.90 Å². The van der Waals surface area contributed by atoms with Gasteiger partial charge in [-0.05, 0) is 29.3 Å². The molecular weight excluding hydrogens is 382 g/mol. The lowest BCUT2D eigenvalue weighted by molar-refractivity contribution is -0.159. The van der Waals surface area contributed by atoms with E-state index >= 15 is 0 Å². The Balaban J connectivity index is 1.71. The largest absolute Gasteiger partial charge is 0.497 e.